The quantitative estimate of drug-likeness (QED) is 0.569. The van der Waals surface area contributed by atoms with Crippen molar-refractivity contribution in [1.82, 2.24) is 5.32 Å². The third kappa shape index (κ3) is 5.08. The second-order valence-electron chi connectivity index (χ2n) is 8.46. The van der Waals surface area contributed by atoms with E-state index in [4.69, 9.17) is 4.74 Å². The van der Waals surface area contributed by atoms with Crippen LogP contribution in [0.25, 0.3) is 0 Å². The van der Waals surface area contributed by atoms with Crippen molar-refractivity contribution in [2.45, 2.75) is 32.2 Å². The van der Waals surface area contributed by atoms with Gasteiger partial charge in [0.2, 0.25) is 11.8 Å². The van der Waals surface area contributed by atoms with Crippen molar-refractivity contribution in [2.24, 2.45) is 5.92 Å². The van der Waals surface area contributed by atoms with Crippen molar-refractivity contribution in [3.8, 4) is 5.75 Å². The van der Waals surface area contributed by atoms with Crippen LogP contribution < -0.4 is 15.0 Å². The first-order chi connectivity index (χ1) is 16.1. The van der Waals surface area contributed by atoms with Crippen LogP contribution >= 0.6 is 0 Å². The van der Waals surface area contributed by atoms with Crippen molar-refractivity contribution in [2.75, 3.05) is 18.6 Å². The van der Waals surface area contributed by atoms with Crippen molar-refractivity contribution in [1.29, 1.82) is 0 Å². The zero-order chi connectivity index (χ0) is 23.2. The lowest BCUT2D eigenvalue weighted by atomic mass is 9.82. The summed E-state index contributed by atoms with van der Waals surface area (Å²) < 4.78 is 5.63. The van der Waals surface area contributed by atoms with E-state index in [0.29, 0.717) is 25.1 Å². The largest absolute Gasteiger partial charge is 0.496 e. The van der Waals surface area contributed by atoms with Crippen LogP contribution in [0.2, 0.25) is 0 Å². The topological polar surface area (TPSA) is 58.6 Å². The number of nitrogens with zero attached hydrogens (tertiary/aromatic N) is 1. The highest BCUT2D eigenvalue weighted by molar-refractivity contribution is 5.97. The molecule has 0 aliphatic carbocycles. The standard InChI is InChI=1S/C28H30N2O3/c1-20-12-14-22(15-13-20)30-26(31)17-16-24(27(30)23-10-6-7-11-25(23)33-2)28(32)29-19-18-21-8-4-3-5-9-21/h3-15,24,27H,16-19H2,1-2H3,(H,29,32). The first-order valence-corrected chi connectivity index (χ1v) is 11.4. The minimum atomic E-state index is -0.443. The van der Waals surface area contributed by atoms with Crippen molar-refractivity contribution in [3.63, 3.8) is 0 Å². The molecule has 1 saturated heterocycles. The summed E-state index contributed by atoms with van der Waals surface area (Å²) in [7, 11) is 1.62. The summed E-state index contributed by atoms with van der Waals surface area (Å²) in [5, 5.41) is 3.12. The number of para-hydroxylation sites is 1. The molecule has 1 aliphatic heterocycles. The minimum Gasteiger partial charge on any atom is -0.496 e. The maximum atomic E-state index is 13.4. The van der Waals surface area contributed by atoms with Gasteiger partial charge in [0.1, 0.15) is 5.75 Å². The number of aryl methyl sites for hydroxylation is 1. The molecule has 0 radical (unpaired) electrons. The van der Waals surface area contributed by atoms with Gasteiger partial charge in [-0.3, -0.25) is 9.59 Å². The van der Waals surface area contributed by atoms with E-state index in [2.05, 4.69) is 17.4 Å². The van der Waals surface area contributed by atoms with E-state index >= 15 is 0 Å². The summed E-state index contributed by atoms with van der Waals surface area (Å²) in [5.41, 5.74) is 3.94. The smallest absolute Gasteiger partial charge is 0.227 e. The van der Waals surface area contributed by atoms with E-state index in [0.717, 1.165) is 23.2 Å². The molecule has 5 nitrogen and oxygen atoms in total. The summed E-state index contributed by atoms with van der Waals surface area (Å²) in [4.78, 5) is 28.4. The van der Waals surface area contributed by atoms with Crippen LogP contribution in [0.1, 0.15) is 35.6 Å². The SMILES string of the molecule is COc1ccccc1C1C(C(=O)NCCc2ccccc2)CCC(=O)N1c1ccc(C)cc1. The van der Waals surface area contributed by atoms with E-state index in [1.807, 2.05) is 73.7 Å². The summed E-state index contributed by atoms with van der Waals surface area (Å²) in [6, 6.07) is 25.2. The van der Waals surface area contributed by atoms with Crippen molar-refractivity contribution in [3.05, 3.63) is 95.6 Å². The lowest BCUT2D eigenvalue weighted by molar-refractivity contribution is -0.129. The van der Waals surface area contributed by atoms with Crippen LogP contribution in [0.3, 0.4) is 0 Å². The number of carbonyl (C=O) groups excluding carboxylic acids is 2. The fraction of sp³-hybridized carbons (Fsp3) is 0.286. The second-order valence-corrected chi connectivity index (χ2v) is 8.46. The Morgan fingerprint density at radius 3 is 2.42 bits per heavy atom. The number of amides is 2. The molecule has 33 heavy (non-hydrogen) atoms. The summed E-state index contributed by atoms with van der Waals surface area (Å²) in [5.74, 6) is 0.280. The number of nitrogens with one attached hydrogen (secondary N) is 1. The molecule has 1 heterocycles. The maximum Gasteiger partial charge on any atom is 0.227 e. The Labute approximate surface area is 195 Å². The van der Waals surface area contributed by atoms with Gasteiger partial charge >= 0.3 is 0 Å². The third-order valence-electron chi connectivity index (χ3n) is 6.26. The lowest BCUT2D eigenvalue weighted by Gasteiger charge is -2.41. The molecule has 0 bridgehead atoms. The Balaban J connectivity index is 1.64. The van der Waals surface area contributed by atoms with Crippen LogP contribution in [0.4, 0.5) is 5.69 Å². The Morgan fingerprint density at radius 2 is 1.70 bits per heavy atom. The van der Waals surface area contributed by atoms with E-state index in [-0.39, 0.29) is 17.7 Å². The zero-order valence-corrected chi connectivity index (χ0v) is 19.2. The molecule has 1 N–H and O–H groups in total. The molecular formula is C28H30N2O3. The molecule has 4 rings (SSSR count). The van der Waals surface area contributed by atoms with Gasteiger partial charge in [0.05, 0.1) is 19.1 Å². The van der Waals surface area contributed by atoms with Crippen LogP contribution in [-0.4, -0.2) is 25.5 Å². The van der Waals surface area contributed by atoms with Gasteiger partial charge in [-0.1, -0.05) is 66.2 Å². The number of anilines is 1. The van der Waals surface area contributed by atoms with Crippen LogP contribution in [0.5, 0.6) is 5.75 Å². The van der Waals surface area contributed by atoms with Gasteiger partial charge < -0.3 is 15.0 Å². The average molecular weight is 443 g/mol. The molecule has 0 saturated carbocycles. The number of rotatable bonds is 7. The third-order valence-corrected chi connectivity index (χ3v) is 6.26. The predicted octanol–water partition coefficient (Wildman–Crippen LogP) is 4.85. The van der Waals surface area contributed by atoms with Gasteiger partial charge in [-0.05, 0) is 43.5 Å². The van der Waals surface area contributed by atoms with Crippen LogP contribution in [-0.2, 0) is 16.0 Å². The fourth-order valence-electron chi connectivity index (χ4n) is 4.55. The molecule has 2 atom stereocenters. The maximum absolute atomic E-state index is 13.4. The Bertz CT molecular complexity index is 1100. The van der Waals surface area contributed by atoms with Gasteiger partial charge in [-0.2, -0.15) is 0 Å². The lowest BCUT2D eigenvalue weighted by Crippen LogP contribution is -2.48. The zero-order valence-electron chi connectivity index (χ0n) is 19.2. The number of methoxy groups -OCH3 is 1. The molecular weight excluding hydrogens is 412 g/mol. The minimum absolute atomic E-state index is 0.0168. The second kappa shape index (κ2) is 10.3. The molecule has 2 amide bonds. The van der Waals surface area contributed by atoms with E-state index in [9.17, 15) is 9.59 Å². The molecule has 1 fully saturated rings. The Kier molecular flexibility index (Phi) is 7.08. The van der Waals surface area contributed by atoms with E-state index in [1.165, 1.54) is 5.56 Å². The number of hydrogen-bond acceptors (Lipinski definition) is 3. The highest BCUT2D eigenvalue weighted by Crippen LogP contribution is 2.43. The molecule has 0 aromatic heterocycles. The van der Waals surface area contributed by atoms with Crippen LogP contribution in [0, 0.1) is 12.8 Å². The molecule has 0 spiro atoms. The predicted molar refractivity (Wildman–Crippen MR) is 130 cm³/mol. The van der Waals surface area contributed by atoms with Crippen molar-refractivity contribution >= 4 is 17.5 Å². The summed E-state index contributed by atoms with van der Waals surface area (Å²) in [6.07, 6.45) is 1.59. The molecule has 5 heteroatoms. The van der Waals surface area contributed by atoms with Crippen molar-refractivity contribution < 1.29 is 14.3 Å². The highest BCUT2D eigenvalue weighted by atomic mass is 16.5. The summed E-state index contributed by atoms with van der Waals surface area (Å²) in [6.45, 7) is 2.57. The number of benzene rings is 3. The Morgan fingerprint density at radius 1 is 1.00 bits per heavy atom. The number of hydrogen-bond donors (Lipinski definition) is 1. The monoisotopic (exact) mass is 442 g/mol. The number of ether oxygens (including phenoxy) is 1. The number of carbonyl (C=O) groups is 2. The van der Waals surface area contributed by atoms with Gasteiger partial charge in [0, 0.05) is 24.2 Å². The van der Waals surface area contributed by atoms with Crippen LogP contribution in [0.15, 0.2) is 78.9 Å². The first kappa shape index (κ1) is 22.6. The summed E-state index contributed by atoms with van der Waals surface area (Å²) >= 11 is 0. The molecule has 170 valence electrons. The normalized spacial score (nSPS) is 18.1. The van der Waals surface area contributed by atoms with Gasteiger partial charge in [-0.25, -0.2) is 0 Å². The Hall–Kier alpha value is -3.60. The molecule has 1 aliphatic rings. The number of piperidine rings is 1. The fourth-order valence-corrected chi connectivity index (χ4v) is 4.55. The molecule has 2 unspecified atom stereocenters. The molecule has 3 aromatic rings. The van der Waals surface area contributed by atoms with Gasteiger partial charge in [-0.15, -0.1) is 0 Å². The average Bonchev–Trinajstić information content (AvgIpc) is 2.85. The van der Waals surface area contributed by atoms with Gasteiger partial charge in [0.25, 0.3) is 0 Å². The van der Waals surface area contributed by atoms with E-state index < -0.39 is 6.04 Å². The first-order valence-electron chi connectivity index (χ1n) is 11.4. The molecule has 3 aromatic carbocycles. The van der Waals surface area contributed by atoms with Gasteiger partial charge in [0.15, 0.2) is 0 Å². The van der Waals surface area contributed by atoms with E-state index in [1.54, 1.807) is 12.0 Å². The highest BCUT2D eigenvalue weighted by Gasteiger charge is 2.42.